The van der Waals surface area contributed by atoms with Gasteiger partial charge in [0.05, 0.1) is 13.7 Å². The molecule has 0 atom stereocenters. The van der Waals surface area contributed by atoms with Crippen LogP contribution in [0.2, 0.25) is 0 Å². The van der Waals surface area contributed by atoms with E-state index in [2.05, 4.69) is 29.4 Å². The average Bonchev–Trinajstić information content (AvgIpc) is 2.78. The van der Waals surface area contributed by atoms with Crippen LogP contribution in [0, 0.1) is 6.92 Å². The molecule has 0 radical (unpaired) electrons. The Morgan fingerprint density at radius 3 is 2.50 bits per heavy atom. The van der Waals surface area contributed by atoms with Crippen LogP contribution in [-0.2, 0) is 11.2 Å². The Kier molecular flexibility index (Phi) is 11.8. The lowest BCUT2D eigenvalue weighted by Crippen LogP contribution is -2.29. The number of nitrogens with zero attached hydrogens (tertiary/aromatic N) is 1. The second kappa shape index (κ2) is 14.0. The molecule has 1 amide bonds. The van der Waals surface area contributed by atoms with Gasteiger partial charge in [-0.25, -0.2) is 4.99 Å². The second-order valence-corrected chi connectivity index (χ2v) is 7.50. The van der Waals surface area contributed by atoms with E-state index in [4.69, 9.17) is 10.5 Å². The number of methoxy groups -OCH3 is 1. The minimum Gasteiger partial charge on any atom is -0.508 e. The van der Waals surface area contributed by atoms with Crippen LogP contribution >= 0.6 is 0 Å². The van der Waals surface area contributed by atoms with Crippen molar-refractivity contribution in [1.82, 2.24) is 5.32 Å². The van der Waals surface area contributed by atoms with E-state index < -0.39 is 0 Å². The Labute approximate surface area is 192 Å². The molecule has 0 heterocycles. The van der Waals surface area contributed by atoms with Crippen LogP contribution in [-0.4, -0.2) is 30.9 Å². The maximum atomic E-state index is 11.5. The van der Waals surface area contributed by atoms with Gasteiger partial charge in [0.15, 0.2) is 0 Å². The fourth-order valence-corrected chi connectivity index (χ4v) is 3.14. The number of aliphatic imine (C=N–C) groups is 1. The van der Waals surface area contributed by atoms with Crippen molar-refractivity contribution >= 4 is 12.1 Å². The monoisotopic (exact) mass is 439 g/mol. The van der Waals surface area contributed by atoms with Crippen molar-refractivity contribution in [2.24, 2.45) is 10.7 Å². The summed E-state index contributed by atoms with van der Waals surface area (Å²) in [6.45, 7) is 9.84. The molecular formula is C26H37N3O3. The van der Waals surface area contributed by atoms with Crippen molar-refractivity contribution in [1.29, 1.82) is 0 Å². The lowest BCUT2D eigenvalue weighted by molar-refractivity contribution is -0.119. The number of phenolic OH excluding ortho intramolecular Hbond substituents is 1. The van der Waals surface area contributed by atoms with E-state index >= 15 is 0 Å². The molecule has 6 nitrogen and oxygen atoms in total. The van der Waals surface area contributed by atoms with Gasteiger partial charge in [-0.05, 0) is 69.4 Å². The van der Waals surface area contributed by atoms with Crippen molar-refractivity contribution < 1.29 is 14.6 Å². The van der Waals surface area contributed by atoms with Crippen LogP contribution in [0.15, 0.2) is 64.0 Å². The van der Waals surface area contributed by atoms with E-state index in [9.17, 15) is 9.90 Å². The second-order valence-electron chi connectivity index (χ2n) is 7.50. The number of aryl methyl sites for hydroxylation is 1. The SMILES string of the molecule is C\C=C(/N=C\C(=C/C)C(=C\C=C(/C)Cc1c(C)cc(OC)cc1O)\CCC)NC(=O)CN. The zero-order valence-electron chi connectivity index (χ0n) is 20.2. The van der Waals surface area contributed by atoms with Crippen LogP contribution < -0.4 is 15.8 Å². The lowest BCUT2D eigenvalue weighted by Gasteiger charge is -2.11. The van der Waals surface area contributed by atoms with Crippen molar-refractivity contribution in [2.45, 2.75) is 53.9 Å². The maximum Gasteiger partial charge on any atom is 0.239 e. The summed E-state index contributed by atoms with van der Waals surface area (Å²) in [6.07, 6.45) is 12.2. The Morgan fingerprint density at radius 2 is 1.97 bits per heavy atom. The molecule has 0 aliphatic carbocycles. The van der Waals surface area contributed by atoms with E-state index in [1.54, 1.807) is 25.5 Å². The summed E-state index contributed by atoms with van der Waals surface area (Å²) in [5.41, 5.74) is 10.5. The van der Waals surface area contributed by atoms with Gasteiger partial charge in [-0.1, -0.05) is 37.1 Å². The third kappa shape index (κ3) is 8.55. The molecule has 0 aromatic heterocycles. The van der Waals surface area contributed by atoms with Crippen LogP contribution in [0.3, 0.4) is 0 Å². The molecule has 0 saturated heterocycles. The van der Waals surface area contributed by atoms with Crippen LogP contribution in [0.5, 0.6) is 11.5 Å². The Morgan fingerprint density at radius 1 is 1.25 bits per heavy atom. The van der Waals surface area contributed by atoms with Crippen molar-refractivity contribution in [3.05, 3.63) is 70.1 Å². The number of ether oxygens (including phenoxy) is 1. The summed E-state index contributed by atoms with van der Waals surface area (Å²) in [5.74, 6) is 1.08. The molecule has 6 heteroatoms. The topological polar surface area (TPSA) is 96.9 Å². The molecule has 4 N–H and O–H groups in total. The third-order valence-corrected chi connectivity index (χ3v) is 4.95. The highest BCUT2D eigenvalue weighted by atomic mass is 16.5. The zero-order chi connectivity index (χ0) is 24.1. The summed E-state index contributed by atoms with van der Waals surface area (Å²) >= 11 is 0. The lowest BCUT2D eigenvalue weighted by atomic mass is 9.97. The van der Waals surface area contributed by atoms with Gasteiger partial charge in [0.2, 0.25) is 5.91 Å². The number of rotatable bonds is 11. The molecule has 0 saturated carbocycles. The number of benzene rings is 1. The van der Waals surface area contributed by atoms with Gasteiger partial charge in [0.25, 0.3) is 0 Å². The van der Waals surface area contributed by atoms with Crippen molar-refractivity contribution in [3.63, 3.8) is 0 Å². The minimum atomic E-state index is -0.280. The molecule has 0 aliphatic heterocycles. The van der Waals surface area contributed by atoms with Gasteiger partial charge < -0.3 is 20.9 Å². The highest BCUT2D eigenvalue weighted by molar-refractivity contribution is 5.86. The van der Waals surface area contributed by atoms with Crippen molar-refractivity contribution in [2.75, 3.05) is 13.7 Å². The number of hydrogen-bond donors (Lipinski definition) is 3. The highest BCUT2D eigenvalue weighted by Crippen LogP contribution is 2.29. The summed E-state index contributed by atoms with van der Waals surface area (Å²) in [6, 6.07) is 3.57. The molecule has 1 rings (SSSR count). The van der Waals surface area contributed by atoms with E-state index in [0.29, 0.717) is 18.0 Å². The van der Waals surface area contributed by atoms with Gasteiger partial charge in [0.1, 0.15) is 17.3 Å². The third-order valence-electron chi connectivity index (χ3n) is 4.95. The highest BCUT2D eigenvalue weighted by Gasteiger charge is 2.09. The summed E-state index contributed by atoms with van der Waals surface area (Å²) in [7, 11) is 1.59. The Balaban J connectivity index is 3.10. The van der Waals surface area contributed by atoms with Crippen LogP contribution in [0.1, 0.15) is 51.7 Å². The molecule has 32 heavy (non-hydrogen) atoms. The zero-order valence-corrected chi connectivity index (χ0v) is 20.2. The molecule has 1 aromatic carbocycles. The first-order valence-electron chi connectivity index (χ1n) is 10.9. The van der Waals surface area contributed by atoms with Gasteiger partial charge in [-0.15, -0.1) is 0 Å². The number of amides is 1. The molecule has 0 spiro atoms. The fourth-order valence-electron chi connectivity index (χ4n) is 3.14. The van der Waals surface area contributed by atoms with E-state index in [0.717, 1.165) is 40.7 Å². The standard InChI is InChI=1S/C26H37N3O3/c1-7-10-21(20(8-2)17-28-25(9-3)29-26(31)16-27)12-11-18(4)13-23-19(5)14-22(32-6)15-24(23)30/h8-9,11-12,14-15,17,30H,7,10,13,16,27H2,1-6H3,(H,29,31)/b18-11+,20-8+,21-12+,25-9+,28-17-. The molecule has 0 aliphatic rings. The normalized spacial score (nSPS) is 13.6. The van der Waals surface area contributed by atoms with Gasteiger partial charge in [0, 0.05) is 17.8 Å². The van der Waals surface area contributed by atoms with Gasteiger partial charge in [-0.2, -0.15) is 0 Å². The number of allylic oxidation sites excluding steroid dienone is 7. The van der Waals surface area contributed by atoms with Gasteiger partial charge in [-0.3, -0.25) is 4.79 Å². The molecule has 0 bridgehead atoms. The molecule has 174 valence electrons. The number of nitrogens with two attached hydrogens (primary N) is 1. The van der Waals surface area contributed by atoms with E-state index in [1.807, 2.05) is 39.8 Å². The first kappa shape index (κ1) is 26.9. The number of aromatic hydroxyl groups is 1. The van der Waals surface area contributed by atoms with Crippen LogP contribution in [0.25, 0.3) is 0 Å². The number of nitrogens with one attached hydrogen (secondary N) is 1. The first-order chi connectivity index (χ1) is 15.3. The quantitative estimate of drug-likeness (QED) is 0.338. The maximum absolute atomic E-state index is 11.5. The molecule has 1 aromatic rings. The molecule has 0 fully saturated rings. The number of carbonyl (C=O) groups is 1. The summed E-state index contributed by atoms with van der Waals surface area (Å²) in [4.78, 5) is 15.9. The van der Waals surface area contributed by atoms with E-state index in [1.165, 1.54) is 0 Å². The number of hydrogen-bond acceptors (Lipinski definition) is 5. The Hall–Kier alpha value is -3.12. The van der Waals surface area contributed by atoms with E-state index in [-0.39, 0.29) is 18.2 Å². The molecule has 0 unspecified atom stereocenters. The minimum absolute atomic E-state index is 0.0857. The predicted octanol–water partition coefficient (Wildman–Crippen LogP) is 4.88. The number of phenols is 1. The Bertz CT molecular complexity index is 915. The van der Waals surface area contributed by atoms with Crippen molar-refractivity contribution in [3.8, 4) is 11.5 Å². The summed E-state index contributed by atoms with van der Waals surface area (Å²) in [5, 5.41) is 13.0. The predicted molar refractivity (Wildman–Crippen MR) is 133 cm³/mol. The largest absolute Gasteiger partial charge is 0.508 e. The summed E-state index contributed by atoms with van der Waals surface area (Å²) < 4.78 is 5.22. The first-order valence-corrected chi connectivity index (χ1v) is 10.9. The fraction of sp³-hybridized carbons (Fsp3) is 0.385. The van der Waals surface area contributed by atoms with Crippen LogP contribution in [0.4, 0.5) is 0 Å². The molecular weight excluding hydrogens is 402 g/mol. The van der Waals surface area contributed by atoms with Gasteiger partial charge >= 0.3 is 0 Å². The number of carbonyl (C=O) groups excluding carboxylic acids is 1. The smallest absolute Gasteiger partial charge is 0.239 e. The average molecular weight is 440 g/mol.